The van der Waals surface area contributed by atoms with Crippen molar-refractivity contribution in [3.05, 3.63) is 57.7 Å². The van der Waals surface area contributed by atoms with Gasteiger partial charge in [-0.05, 0) is 49.6 Å². The third-order valence-electron chi connectivity index (χ3n) is 3.91. The summed E-state index contributed by atoms with van der Waals surface area (Å²) in [6.07, 6.45) is 3.20. The molecule has 1 heterocycles. The maximum atomic E-state index is 13.1. The fourth-order valence-corrected chi connectivity index (χ4v) is 3.71. The number of benzene rings is 1. The smallest absolute Gasteiger partial charge is 0.341 e. The first kappa shape index (κ1) is 22.3. The van der Waals surface area contributed by atoms with E-state index in [1.165, 1.54) is 35.6 Å². The summed E-state index contributed by atoms with van der Waals surface area (Å²) in [5.74, 6) is -2.25. The van der Waals surface area contributed by atoms with Gasteiger partial charge in [0.05, 0.1) is 12.2 Å². The average Bonchev–Trinajstić information content (AvgIpc) is 3.00. The molecule has 0 aliphatic rings. The fourth-order valence-electron chi connectivity index (χ4n) is 2.56. The maximum absolute atomic E-state index is 13.1. The molecule has 0 radical (unpaired) electrons. The molecule has 2 rings (SSSR count). The second kappa shape index (κ2) is 10.5. The van der Waals surface area contributed by atoms with Crippen molar-refractivity contribution in [2.75, 3.05) is 18.5 Å². The molecule has 0 aliphatic heterocycles. The van der Waals surface area contributed by atoms with Crippen LogP contribution in [-0.2, 0) is 25.5 Å². The molecule has 0 bridgehead atoms. The molecule has 6 nitrogen and oxygen atoms in total. The molecule has 1 aromatic heterocycles. The van der Waals surface area contributed by atoms with Gasteiger partial charge in [0.15, 0.2) is 6.61 Å². The highest BCUT2D eigenvalue weighted by Crippen LogP contribution is 2.34. The van der Waals surface area contributed by atoms with E-state index in [0.717, 1.165) is 16.5 Å². The lowest BCUT2D eigenvalue weighted by Gasteiger charge is -2.07. The SMILES string of the molecule is CCOC(=O)c1c(NC(=O)COC(=O)/C=C/c2cccc(F)c2)sc(CC)c1C. The summed E-state index contributed by atoms with van der Waals surface area (Å²) in [4.78, 5) is 37.1. The minimum absolute atomic E-state index is 0.220. The second-order valence-corrected chi connectivity index (χ2v) is 7.08. The minimum atomic E-state index is -0.744. The Morgan fingerprint density at radius 3 is 2.62 bits per heavy atom. The quantitative estimate of drug-likeness (QED) is 0.514. The summed E-state index contributed by atoms with van der Waals surface area (Å²) in [6, 6.07) is 5.70. The van der Waals surface area contributed by atoms with Gasteiger partial charge in [0.25, 0.3) is 5.91 Å². The summed E-state index contributed by atoms with van der Waals surface area (Å²) in [6.45, 7) is 5.15. The monoisotopic (exact) mass is 419 g/mol. The topological polar surface area (TPSA) is 81.7 Å². The van der Waals surface area contributed by atoms with Crippen molar-refractivity contribution >= 4 is 40.3 Å². The molecule has 2 aromatic rings. The number of hydrogen-bond donors (Lipinski definition) is 1. The Morgan fingerprint density at radius 1 is 1.21 bits per heavy atom. The first-order chi connectivity index (χ1) is 13.8. The summed E-state index contributed by atoms with van der Waals surface area (Å²) in [7, 11) is 0. The Labute approximate surface area is 172 Å². The van der Waals surface area contributed by atoms with Gasteiger partial charge in [-0.2, -0.15) is 0 Å². The molecule has 1 aromatic carbocycles. The number of amides is 1. The van der Waals surface area contributed by atoms with Gasteiger partial charge in [0.2, 0.25) is 0 Å². The van der Waals surface area contributed by atoms with Crippen molar-refractivity contribution < 1.29 is 28.2 Å². The Bertz CT molecular complexity index is 935. The van der Waals surface area contributed by atoms with Crippen molar-refractivity contribution in [1.29, 1.82) is 0 Å². The number of halogens is 1. The van der Waals surface area contributed by atoms with Crippen LogP contribution in [0.25, 0.3) is 6.08 Å². The Hall–Kier alpha value is -3.00. The van der Waals surface area contributed by atoms with Gasteiger partial charge >= 0.3 is 11.9 Å². The summed E-state index contributed by atoms with van der Waals surface area (Å²) in [5.41, 5.74) is 1.58. The summed E-state index contributed by atoms with van der Waals surface area (Å²) in [5, 5.41) is 2.98. The number of esters is 2. The van der Waals surface area contributed by atoms with E-state index in [-0.39, 0.29) is 6.61 Å². The highest BCUT2D eigenvalue weighted by molar-refractivity contribution is 7.17. The van der Waals surface area contributed by atoms with E-state index in [9.17, 15) is 18.8 Å². The van der Waals surface area contributed by atoms with Gasteiger partial charge < -0.3 is 14.8 Å². The number of hydrogen-bond acceptors (Lipinski definition) is 6. The molecular weight excluding hydrogens is 397 g/mol. The molecule has 0 atom stereocenters. The zero-order chi connectivity index (χ0) is 21.4. The van der Waals surface area contributed by atoms with E-state index in [1.54, 1.807) is 19.9 Å². The number of carbonyl (C=O) groups is 3. The summed E-state index contributed by atoms with van der Waals surface area (Å²) < 4.78 is 23.1. The number of ether oxygens (including phenoxy) is 2. The molecule has 0 saturated heterocycles. The fraction of sp³-hybridized carbons (Fsp3) is 0.286. The number of rotatable bonds is 8. The minimum Gasteiger partial charge on any atom is -0.462 e. The van der Waals surface area contributed by atoms with Crippen LogP contribution in [0.15, 0.2) is 30.3 Å². The van der Waals surface area contributed by atoms with Crippen molar-refractivity contribution in [3.63, 3.8) is 0 Å². The Morgan fingerprint density at radius 2 is 1.97 bits per heavy atom. The lowest BCUT2D eigenvalue weighted by molar-refractivity contribution is -0.142. The molecule has 0 saturated carbocycles. The zero-order valence-electron chi connectivity index (χ0n) is 16.4. The standard InChI is InChI=1S/C21H22FNO5S/c1-4-16-13(3)19(21(26)27-5-2)20(29-16)23-17(24)12-28-18(25)10-9-14-7-6-8-15(22)11-14/h6-11H,4-5,12H2,1-3H3,(H,23,24)/b10-9+. The van der Waals surface area contributed by atoms with Crippen molar-refractivity contribution in [2.45, 2.75) is 27.2 Å². The van der Waals surface area contributed by atoms with Crippen molar-refractivity contribution in [1.82, 2.24) is 0 Å². The predicted octanol–water partition coefficient (Wildman–Crippen LogP) is 4.13. The normalized spacial score (nSPS) is 10.8. The van der Waals surface area contributed by atoms with Gasteiger partial charge in [-0.3, -0.25) is 4.79 Å². The molecule has 1 N–H and O–H groups in total. The number of carbonyl (C=O) groups excluding carboxylic acids is 3. The lowest BCUT2D eigenvalue weighted by Crippen LogP contribution is -2.21. The third-order valence-corrected chi connectivity index (χ3v) is 5.26. The maximum Gasteiger partial charge on any atom is 0.341 e. The number of anilines is 1. The highest BCUT2D eigenvalue weighted by atomic mass is 32.1. The van der Waals surface area contributed by atoms with E-state index in [4.69, 9.17) is 9.47 Å². The van der Waals surface area contributed by atoms with E-state index in [0.29, 0.717) is 22.5 Å². The van der Waals surface area contributed by atoms with E-state index < -0.39 is 30.3 Å². The van der Waals surface area contributed by atoms with Crippen molar-refractivity contribution in [3.8, 4) is 0 Å². The van der Waals surface area contributed by atoms with Crippen LogP contribution in [0.5, 0.6) is 0 Å². The van der Waals surface area contributed by atoms with Crippen LogP contribution < -0.4 is 5.32 Å². The first-order valence-corrected chi connectivity index (χ1v) is 9.87. The highest BCUT2D eigenvalue weighted by Gasteiger charge is 2.23. The average molecular weight is 419 g/mol. The van der Waals surface area contributed by atoms with Crippen LogP contribution in [-0.4, -0.2) is 31.1 Å². The van der Waals surface area contributed by atoms with Crippen LogP contribution in [0.1, 0.15) is 40.2 Å². The third kappa shape index (κ3) is 6.25. The predicted molar refractivity (Wildman–Crippen MR) is 109 cm³/mol. The molecule has 154 valence electrons. The molecule has 8 heteroatoms. The van der Waals surface area contributed by atoms with E-state index in [1.807, 2.05) is 6.92 Å². The number of thiophene rings is 1. The van der Waals surface area contributed by atoms with E-state index >= 15 is 0 Å². The molecule has 29 heavy (non-hydrogen) atoms. The molecule has 0 aliphatic carbocycles. The van der Waals surface area contributed by atoms with Crippen LogP contribution >= 0.6 is 11.3 Å². The van der Waals surface area contributed by atoms with Crippen LogP contribution in [0, 0.1) is 12.7 Å². The Kier molecular flexibility index (Phi) is 8.09. The molecule has 0 spiro atoms. The van der Waals surface area contributed by atoms with Crippen LogP contribution in [0.3, 0.4) is 0 Å². The lowest BCUT2D eigenvalue weighted by atomic mass is 10.1. The second-order valence-electron chi connectivity index (χ2n) is 5.97. The van der Waals surface area contributed by atoms with E-state index in [2.05, 4.69) is 5.32 Å². The van der Waals surface area contributed by atoms with Gasteiger partial charge in [0, 0.05) is 11.0 Å². The van der Waals surface area contributed by atoms with Gasteiger partial charge in [-0.15, -0.1) is 11.3 Å². The van der Waals surface area contributed by atoms with Gasteiger partial charge in [-0.1, -0.05) is 19.1 Å². The van der Waals surface area contributed by atoms with Gasteiger partial charge in [-0.25, -0.2) is 14.0 Å². The molecule has 0 unspecified atom stereocenters. The number of aryl methyl sites for hydroxylation is 1. The largest absolute Gasteiger partial charge is 0.462 e. The number of nitrogens with one attached hydrogen (secondary N) is 1. The molecule has 1 amide bonds. The van der Waals surface area contributed by atoms with Gasteiger partial charge in [0.1, 0.15) is 10.8 Å². The zero-order valence-corrected chi connectivity index (χ0v) is 17.2. The molecular formula is C21H22FNO5S. The molecule has 0 fully saturated rings. The summed E-state index contributed by atoms with van der Waals surface area (Å²) >= 11 is 1.29. The van der Waals surface area contributed by atoms with Crippen LogP contribution in [0.2, 0.25) is 0 Å². The first-order valence-electron chi connectivity index (χ1n) is 9.05. The van der Waals surface area contributed by atoms with Crippen molar-refractivity contribution in [2.24, 2.45) is 0 Å². The van der Waals surface area contributed by atoms with Crippen LogP contribution in [0.4, 0.5) is 9.39 Å². The Balaban J connectivity index is 1.98.